The smallest absolute Gasteiger partial charge is 0.0841 e. The summed E-state index contributed by atoms with van der Waals surface area (Å²) in [6, 6.07) is 3.96. The molecule has 0 aliphatic carbocycles. The van der Waals surface area contributed by atoms with Gasteiger partial charge in [0.1, 0.15) is 0 Å². The van der Waals surface area contributed by atoms with Crippen LogP contribution in [0.4, 0.5) is 0 Å². The van der Waals surface area contributed by atoms with Crippen molar-refractivity contribution >= 4 is 5.52 Å². The van der Waals surface area contributed by atoms with E-state index in [-0.39, 0.29) is 0 Å². The van der Waals surface area contributed by atoms with Crippen molar-refractivity contribution < 1.29 is 0 Å². The highest BCUT2D eigenvalue weighted by Crippen LogP contribution is 1.96. The molecular weight excluding hydrogens is 102 g/mol. The van der Waals surface area contributed by atoms with Crippen LogP contribution in [0.3, 0.4) is 0 Å². The standard InChI is InChI=1S/C5H5N3/c1-2-5-4-6-7-8(5)3-1/h1-4,7H. The van der Waals surface area contributed by atoms with Crippen LogP contribution >= 0.6 is 0 Å². The SMILES string of the molecule is c1cc2cn[nH]n2c1. The highest BCUT2D eigenvalue weighted by Gasteiger charge is 1.86. The maximum atomic E-state index is 3.80. The topological polar surface area (TPSA) is 33.1 Å². The molecule has 0 aliphatic heterocycles. The second-order valence-electron chi connectivity index (χ2n) is 1.66. The van der Waals surface area contributed by atoms with E-state index in [1.54, 1.807) is 6.20 Å². The van der Waals surface area contributed by atoms with E-state index in [1.807, 2.05) is 22.8 Å². The molecule has 3 nitrogen and oxygen atoms in total. The van der Waals surface area contributed by atoms with Crippen LogP contribution in [0.25, 0.3) is 5.52 Å². The summed E-state index contributed by atoms with van der Waals surface area (Å²) >= 11 is 0. The predicted octanol–water partition coefficient (Wildman–Crippen LogP) is 0.662. The number of fused-ring (bicyclic) bond motifs is 1. The maximum absolute atomic E-state index is 3.80. The van der Waals surface area contributed by atoms with E-state index in [2.05, 4.69) is 10.3 Å². The molecule has 0 saturated heterocycles. The van der Waals surface area contributed by atoms with Crippen molar-refractivity contribution in [1.29, 1.82) is 0 Å². The van der Waals surface area contributed by atoms with Gasteiger partial charge in [-0.05, 0) is 12.1 Å². The summed E-state index contributed by atoms with van der Waals surface area (Å²) in [5.41, 5.74) is 1.10. The van der Waals surface area contributed by atoms with E-state index >= 15 is 0 Å². The number of hydrogen-bond acceptors (Lipinski definition) is 1. The summed E-state index contributed by atoms with van der Waals surface area (Å²) in [5.74, 6) is 0. The highest BCUT2D eigenvalue weighted by atomic mass is 15.4. The number of aromatic amines is 1. The third kappa shape index (κ3) is 0.307. The van der Waals surface area contributed by atoms with Gasteiger partial charge in [-0.3, -0.25) is 0 Å². The molecule has 40 valence electrons. The van der Waals surface area contributed by atoms with Crippen molar-refractivity contribution in [1.82, 2.24) is 14.8 Å². The molecule has 0 bridgehead atoms. The van der Waals surface area contributed by atoms with Crippen LogP contribution in [-0.2, 0) is 0 Å². The first-order valence-corrected chi connectivity index (χ1v) is 2.43. The number of hydrogen-bond donors (Lipinski definition) is 1. The lowest BCUT2D eigenvalue weighted by molar-refractivity contribution is 0.863. The Morgan fingerprint density at radius 1 is 1.62 bits per heavy atom. The van der Waals surface area contributed by atoms with Gasteiger partial charge in [-0.15, -0.1) is 0 Å². The molecule has 8 heavy (non-hydrogen) atoms. The van der Waals surface area contributed by atoms with Gasteiger partial charge in [-0.1, -0.05) is 0 Å². The van der Waals surface area contributed by atoms with Crippen LogP contribution in [0.2, 0.25) is 0 Å². The molecule has 0 atom stereocenters. The predicted molar refractivity (Wildman–Crippen MR) is 29.5 cm³/mol. The van der Waals surface area contributed by atoms with E-state index in [1.165, 1.54) is 0 Å². The summed E-state index contributed by atoms with van der Waals surface area (Å²) in [6.45, 7) is 0. The Balaban J connectivity index is 3.06. The van der Waals surface area contributed by atoms with E-state index in [0.29, 0.717) is 0 Å². The molecule has 3 heteroatoms. The van der Waals surface area contributed by atoms with Crippen molar-refractivity contribution in [3.63, 3.8) is 0 Å². The summed E-state index contributed by atoms with van der Waals surface area (Å²) in [5, 5.41) is 6.57. The zero-order chi connectivity index (χ0) is 5.40. The van der Waals surface area contributed by atoms with Gasteiger partial charge in [0.25, 0.3) is 0 Å². The molecule has 0 aliphatic rings. The largest absolute Gasteiger partial charge is 0.246 e. The first kappa shape index (κ1) is 3.72. The van der Waals surface area contributed by atoms with Crippen LogP contribution in [-0.4, -0.2) is 14.8 Å². The van der Waals surface area contributed by atoms with Crippen LogP contribution < -0.4 is 0 Å². The van der Waals surface area contributed by atoms with Gasteiger partial charge in [-0.2, -0.15) is 5.10 Å². The molecule has 2 aromatic rings. The summed E-state index contributed by atoms with van der Waals surface area (Å²) in [6.07, 6.45) is 3.70. The number of H-pyrrole nitrogens is 1. The number of aromatic nitrogens is 3. The summed E-state index contributed by atoms with van der Waals surface area (Å²) < 4.78 is 1.85. The van der Waals surface area contributed by atoms with E-state index in [0.717, 1.165) is 5.52 Å². The van der Waals surface area contributed by atoms with E-state index in [9.17, 15) is 0 Å². The Morgan fingerprint density at radius 2 is 2.62 bits per heavy atom. The monoisotopic (exact) mass is 107 g/mol. The first-order chi connectivity index (χ1) is 3.97. The Kier molecular flexibility index (Phi) is 0.521. The van der Waals surface area contributed by atoms with Crippen molar-refractivity contribution in [2.24, 2.45) is 0 Å². The second kappa shape index (κ2) is 1.12. The number of rotatable bonds is 0. The lowest BCUT2D eigenvalue weighted by Crippen LogP contribution is -1.77. The van der Waals surface area contributed by atoms with Gasteiger partial charge in [0.2, 0.25) is 0 Å². The molecule has 2 aromatic heterocycles. The van der Waals surface area contributed by atoms with Crippen molar-refractivity contribution in [3.8, 4) is 0 Å². The molecule has 0 aromatic carbocycles. The van der Waals surface area contributed by atoms with Gasteiger partial charge in [0.15, 0.2) is 0 Å². The molecule has 0 unspecified atom stereocenters. The van der Waals surface area contributed by atoms with Gasteiger partial charge >= 0.3 is 0 Å². The van der Waals surface area contributed by atoms with Gasteiger partial charge in [0, 0.05) is 6.20 Å². The average Bonchev–Trinajstić information content (AvgIpc) is 2.15. The Labute approximate surface area is 45.9 Å². The third-order valence-corrected chi connectivity index (χ3v) is 1.14. The Morgan fingerprint density at radius 3 is 3.50 bits per heavy atom. The normalized spacial score (nSPS) is 10.5. The van der Waals surface area contributed by atoms with Gasteiger partial charge in [0.05, 0.1) is 11.7 Å². The van der Waals surface area contributed by atoms with Crippen molar-refractivity contribution in [3.05, 3.63) is 24.5 Å². The molecule has 2 rings (SSSR count). The summed E-state index contributed by atoms with van der Waals surface area (Å²) in [4.78, 5) is 0. The maximum Gasteiger partial charge on any atom is 0.0841 e. The summed E-state index contributed by atoms with van der Waals surface area (Å²) in [7, 11) is 0. The Hall–Kier alpha value is -1.25. The average molecular weight is 107 g/mol. The lowest BCUT2D eigenvalue weighted by Gasteiger charge is -1.74. The minimum absolute atomic E-state index is 1.10. The molecule has 0 amide bonds. The van der Waals surface area contributed by atoms with E-state index < -0.39 is 0 Å². The molecule has 0 fully saturated rings. The fourth-order valence-electron chi connectivity index (χ4n) is 0.748. The third-order valence-electron chi connectivity index (χ3n) is 1.14. The lowest BCUT2D eigenvalue weighted by atomic mass is 10.6. The second-order valence-corrected chi connectivity index (χ2v) is 1.66. The van der Waals surface area contributed by atoms with E-state index in [4.69, 9.17) is 0 Å². The van der Waals surface area contributed by atoms with Crippen LogP contribution in [0.1, 0.15) is 0 Å². The molecule has 0 saturated carbocycles. The zero-order valence-corrected chi connectivity index (χ0v) is 4.20. The zero-order valence-electron chi connectivity index (χ0n) is 4.20. The van der Waals surface area contributed by atoms with Gasteiger partial charge < -0.3 is 0 Å². The van der Waals surface area contributed by atoms with Crippen molar-refractivity contribution in [2.45, 2.75) is 0 Å². The fraction of sp³-hybridized carbons (Fsp3) is 0. The molecule has 2 heterocycles. The van der Waals surface area contributed by atoms with Crippen LogP contribution in [0.5, 0.6) is 0 Å². The molecular formula is C5H5N3. The minimum atomic E-state index is 1.10. The number of nitrogens with one attached hydrogen (secondary N) is 1. The highest BCUT2D eigenvalue weighted by molar-refractivity contribution is 5.42. The molecule has 1 N–H and O–H groups in total. The van der Waals surface area contributed by atoms with Crippen LogP contribution in [0, 0.1) is 0 Å². The quantitative estimate of drug-likeness (QED) is 0.527. The number of nitrogens with zero attached hydrogens (tertiary/aromatic N) is 2. The van der Waals surface area contributed by atoms with Crippen LogP contribution in [0.15, 0.2) is 24.5 Å². The van der Waals surface area contributed by atoms with Crippen molar-refractivity contribution in [2.75, 3.05) is 0 Å². The molecule has 0 spiro atoms. The minimum Gasteiger partial charge on any atom is -0.246 e. The first-order valence-electron chi connectivity index (χ1n) is 2.43. The Bertz CT molecular complexity index is 229. The fourth-order valence-corrected chi connectivity index (χ4v) is 0.748. The van der Waals surface area contributed by atoms with Gasteiger partial charge in [-0.25, -0.2) is 9.73 Å². The molecule has 0 radical (unpaired) electrons.